The van der Waals surface area contributed by atoms with E-state index in [4.69, 9.17) is 15.1 Å². The van der Waals surface area contributed by atoms with E-state index < -0.39 is 0 Å². The van der Waals surface area contributed by atoms with Gasteiger partial charge in [0.25, 0.3) is 0 Å². The summed E-state index contributed by atoms with van der Waals surface area (Å²) in [5, 5.41) is 19.5. The first-order valence-electron chi connectivity index (χ1n) is 11.9. The van der Waals surface area contributed by atoms with Crippen molar-refractivity contribution >= 4 is 32.9 Å². The number of hydrogen-bond donors (Lipinski definition) is 2. The van der Waals surface area contributed by atoms with Gasteiger partial charge in [-0.25, -0.2) is 15.0 Å². The van der Waals surface area contributed by atoms with Crippen LogP contribution in [-0.2, 0) is 14.1 Å². The molecule has 0 saturated heterocycles. The normalized spacial score (nSPS) is 19.9. The van der Waals surface area contributed by atoms with Gasteiger partial charge in [0, 0.05) is 44.3 Å². The number of nitrogens with one attached hydrogen (secondary N) is 1. The maximum atomic E-state index is 10.2. The Bertz CT molecular complexity index is 1490. The lowest BCUT2D eigenvalue weighted by molar-refractivity contribution is 0.182. The highest BCUT2D eigenvalue weighted by Crippen LogP contribution is 2.45. The highest BCUT2D eigenvalue weighted by atomic mass is 32.1. The number of hydrogen-bond acceptors (Lipinski definition) is 7. The molecule has 0 unspecified atom stereocenters. The summed E-state index contributed by atoms with van der Waals surface area (Å²) in [6, 6.07) is 2.19. The molecule has 4 aromatic rings. The van der Waals surface area contributed by atoms with Gasteiger partial charge in [0.2, 0.25) is 0 Å². The Morgan fingerprint density at radius 1 is 1.14 bits per heavy atom. The Balaban J connectivity index is 1.62. The zero-order chi connectivity index (χ0) is 23.9. The number of aryl methyl sites for hydroxylation is 2. The minimum absolute atomic E-state index is 0.155. The van der Waals surface area contributed by atoms with Crippen LogP contribution in [0.15, 0.2) is 55.0 Å². The van der Waals surface area contributed by atoms with E-state index in [1.807, 2.05) is 41.8 Å². The quantitative estimate of drug-likeness (QED) is 0.425. The van der Waals surface area contributed by atoms with Gasteiger partial charge in [0.15, 0.2) is 11.6 Å². The fourth-order valence-electron chi connectivity index (χ4n) is 4.81. The molecule has 0 bridgehead atoms. The summed E-state index contributed by atoms with van der Waals surface area (Å²) in [5.41, 5.74) is 3.10. The lowest BCUT2D eigenvalue weighted by Gasteiger charge is -2.16. The smallest absolute Gasteiger partial charge is 0.199 e. The van der Waals surface area contributed by atoms with Crippen LogP contribution in [0.3, 0.4) is 0 Å². The molecule has 2 aliphatic rings. The fourth-order valence-corrected chi connectivity index (χ4v) is 5.97. The lowest BCUT2D eigenvalue weighted by atomic mass is 10.0. The predicted molar refractivity (Wildman–Crippen MR) is 140 cm³/mol. The fraction of sp³-hybridized carbons (Fsp3) is 0.308. The van der Waals surface area contributed by atoms with E-state index in [0.717, 1.165) is 57.0 Å². The molecule has 0 aromatic carbocycles. The Kier molecular flexibility index (Phi) is 5.58. The third kappa shape index (κ3) is 4.11. The largest absolute Gasteiger partial charge is 0.393 e. The second kappa shape index (κ2) is 8.90. The second-order valence-electron chi connectivity index (χ2n) is 9.11. The summed E-state index contributed by atoms with van der Waals surface area (Å²) in [6.07, 6.45) is 19.4. The van der Waals surface area contributed by atoms with Crippen LogP contribution < -0.4 is 5.32 Å². The van der Waals surface area contributed by atoms with E-state index in [1.165, 1.54) is 0 Å². The number of aromatic nitrogens is 6. The first-order chi connectivity index (χ1) is 17.1. The van der Waals surface area contributed by atoms with Crippen molar-refractivity contribution in [3.05, 3.63) is 60.6 Å². The van der Waals surface area contributed by atoms with E-state index in [2.05, 4.69) is 40.7 Å². The molecule has 35 heavy (non-hydrogen) atoms. The van der Waals surface area contributed by atoms with Crippen molar-refractivity contribution in [3.8, 4) is 22.2 Å². The van der Waals surface area contributed by atoms with Crippen molar-refractivity contribution in [3.63, 3.8) is 0 Å². The topological polar surface area (TPSA) is 93.7 Å². The highest BCUT2D eigenvalue weighted by molar-refractivity contribution is 7.22. The van der Waals surface area contributed by atoms with Gasteiger partial charge in [0.05, 0.1) is 16.4 Å². The monoisotopic (exact) mass is 485 g/mol. The Morgan fingerprint density at radius 2 is 2.06 bits per heavy atom. The van der Waals surface area contributed by atoms with E-state index in [1.54, 1.807) is 17.5 Å². The van der Waals surface area contributed by atoms with Crippen LogP contribution in [0.4, 0.5) is 5.82 Å². The molecule has 9 heteroatoms. The van der Waals surface area contributed by atoms with E-state index >= 15 is 0 Å². The van der Waals surface area contributed by atoms with Gasteiger partial charge in [-0.3, -0.25) is 4.68 Å². The number of aliphatic hydroxyl groups excluding tert-OH is 1. The number of allylic oxidation sites excluding steroid dienone is 6. The summed E-state index contributed by atoms with van der Waals surface area (Å²) in [7, 11) is 3.88. The number of imidazole rings is 1. The van der Waals surface area contributed by atoms with Gasteiger partial charge in [0.1, 0.15) is 16.3 Å². The molecule has 8 nitrogen and oxygen atoms in total. The second-order valence-corrected chi connectivity index (χ2v) is 10.1. The van der Waals surface area contributed by atoms with Gasteiger partial charge >= 0.3 is 0 Å². The number of aliphatic hydroxyl groups is 1. The summed E-state index contributed by atoms with van der Waals surface area (Å²) in [5.74, 6) is 2.08. The lowest BCUT2D eigenvalue weighted by Crippen LogP contribution is -2.18. The molecule has 2 N–H and O–H groups in total. The molecule has 0 radical (unpaired) electrons. The van der Waals surface area contributed by atoms with Crippen LogP contribution in [0.25, 0.3) is 38.0 Å². The molecule has 2 aliphatic carbocycles. The van der Waals surface area contributed by atoms with Crippen LogP contribution in [0.2, 0.25) is 0 Å². The number of fused-ring (bicyclic) bond motifs is 1. The van der Waals surface area contributed by atoms with Crippen molar-refractivity contribution in [2.75, 3.05) is 5.32 Å². The molecule has 4 aromatic heterocycles. The third-order valence-corrected chi connectivity index (χ3v) is 7.64. The average molecular weight is 486 g/mol. The van der Waals surface area contributed by atoms with Crippen molar-refractivity contribution < 1.29 is 5.11 Å². The van der Waals surface area contributed by atoms with Gasteiger partial charge < -0.3 is 15.0 Å². The summed E-state index contributed by atoms with van der Waals surface area (Å²) >= 11 is 1.63. The molecule has 0 aliphatic heterocycles. The maximum Gasteiger partial charge on any atom is 0.199 e. The molecular weight excluding hydrogens is 458 g/mol. The van der Waals surface area contributed by atoms with Gasteiger partial charge in [-0.15, -0.1) is 11.3 Å². The number of rotatable bonds is 5. The zero-order valence-electron chi connectivity index (χ0n) is 19.7. The Hall–Kier alpha value is -3.56. The maximum absolute atomic E-state index is 10.2. The van der Waals surface area contributed by atoms with Gasteiger partial charge in [-0.2, -0.15) is 5.10 Å². The standard InChI is InChI=1S/C26H27N7OS/c1-32-14-12-27-25(32)24-29-23(28-17-9-10-18(34)15-17)21-20(16-7-5-3-4-6-8-16)22(35-26(21)30-24)19-11-13-33(2)31-19/h3,5-8,11-14,17-18,34H,4,9-10,15H2,1-2H3,(H,28,29,30)/t17-,18+/m1/s1. The first kappa shape index (κ1) is 21.9. The SMILES string of the molecule is Cn1ccc(-c2sc3nc(-c4nccn4C)nc(N[C@@H]4CC[C@H](O)C4)c3c2C2=CC=CCC=C2)n1. The van der Waals surface area contributed by atoms with E-state index in [-0.39, 0.29) is 12.1 Å². The number of anilines is 1. The van der Waals surface area contributed by atoms with E-state index in [9.17, 15) is 5.11 Å². The average Bonchev–Trinajstić information content (AvgIpc) is 3.59. The minimum Gasteiger partial charge on any atom is -0.393 e. The van der Waals surface area contributed by atoms with Gasteiger partial charge in [-0.05, 0) is 37.3 Å². The molecule has 6 rings (SSSR count). The summed E-state index contributed by atoms with van der Waals surface area (Å²) in [4.78, 5) is 16.4. The van der Waals surface area contributed by atoms with Crippen LogP contribution in [0, 0.1) is 0 Å². The third-order valence-electron chi connectivity index (χ3n) is 6.53. The molecule has 4 heterocycles. The molecule has 1 saturated carbocycles. The van der Waals surface area contributed by atoms with E-state index in [0.29, 0.717) is 18.1 Å². The first-order valence-corrected chi connectivity index (χ1v) is 12.7. The number of thiophene rings is 1. The summed E-state index contributed by atoms with van der Waals surface area (Å²) < 4.78 is 3.75. The minimum atomic E-state index is -0.275. The van der Waals surface area contributed by atoms with Crippen LogP contribution in [0.5, 0.6) is 0 Å². The molecule has 1 fully saturated rings. The highest BCUT2D eigenvalue weighted by Gasteiger charge is 2.28. The van der Waals surface area contributed by atoms with Crippen LogP contribution >= 0.6 is 11.3 Å². The van der Waals surface area contributed by atoms with Crippen molar-refractivity contribution in [1.82, 2.24) is 29.3 Å². The Morgan fingerprint density at radius 3 is 2.80 bits per heavy atom. The van der Waals surface area contributed by atoms with Crippen molar-refractivity contribution in [2.24, 2.45) is 14.1 Å². The molecular formula is C26H27N7OS. The molecule has 0 amide bonds. The molecule has 2 atom stereocenters. The van der Waals surface area contributed by atoms with Gasteiger partial charge in [-0.1, -0.05) is 30.4 Å². The van der Waals surface area contributed by atoms with Crippen LogP contribution in [0.1, 0.15) is 31.2 Å². The Labute approximate surface area is 207 Å². The molecule has 0 spiro atoms. The predicted octanol–water partition coefficient (Wildman–Crippen LogP) is 4.72. The summed E-state index contributed by atoms with van der Waals surface area (Å²) in [6.45, 7) is 0. The van der Waals surface area contributed by atoms with Crippen molar-refractivity contribution in [2.45, 2.75) is 37.8 Å². The zero-order valence-corrected chi connectivity index (χ0v) is 20.5. The van der Waals surface area contributed by atoms with Crippen molar-refractivity contribution in [1.29, 1.82) is 0 Å². The van der Waals surface area contributed by atoms with Crippen LogP contribution in [-0.4, -0.2) is 46.6 Å². The molecule has 178 valence electrons. The number of nitrogens with zero attached hydrogens (tertiary/aromatic N) is 6.